The van der Waals surface area contributed by atoms with E-state index in [9.17, 15) is 9.18 Å². The average molecular weight is 335 g/mol. The number of nitrogens with zero attached hydrogens (tertiary/aromatic N) is 1. The van der Waals surface area contributed by atoms with Gasteiger partial charge in [-0.15, -0.1) is 0 Å². The van der Waals surface area contributed by atoms with Crippen LogP contribution in [0.15, 0.2) is 52.0 Å². The molecule has 0 radical (unpaired) electrons. The molecule has 1 amide bonds. The molecule has 2 aromatic carbocycles. The Morgan fingerprint density at radius 3 is 2.65 bits per heavy atom. The quantitative estimate of drug-likeness (QED) is 0.675. The number of nitrogens with one attached hydrogen (secondary N) is 1. The van der Waals surface area contributed by atoms with E-state index in [-0.39, 0.29) is 5.91 Å². The number of carbonyl (C=O) groups is 1. The Kier molecular flexibility index (Phi) is 4.63. The number of aryl methyl sites for hydroxylation is 1. The molecule has 0 spiro atoms. The van der Waals surface area contributed by atoms with Crippen LogP contribution in [0.5, 0.6) is 0 Å². The molecule has 0 aliphatic carbocycles. The second kappa shape index (κ2) is 6.43. The zero-order chi connectivity index (χ0) is 14.5. The van der Waals surface area contributed by atoms with Crippen molar-refractivity contribution in [3.63, 3.8) is 0 Å². The first-order valence-corrected chi connectivity index (χ1v) is 6.70. The molecule has 2 aromatic rings. The van der Waals surface area contributed by atoms with Crippen molar-refractivity contribution in [3.8, 4) is 0 Å². The van der Waals surface area contributed by atoms with Crippen LogP contribution in [0.3, 0.4) is 0 Å². The zero-order valence-corrected chi connectivity index (χ0v) is 12.3. The average Bonchev–Trinajstić information content (AvgIpc) is 2.43. The van der Waals surface area contributed by atoms with E-state index in [1.54, 1.807) is 24.3 Å². The summed E-state index contributed by atoms with van der Waals surface area (Å²) in [7, 11) is 0. The summed E-state index contributed by atoms with van der Waals surface area (Å²) < 4.78 is 14.2. The van der Waals surface area contributed by atoms with E-state index in [1.165, 1.54) is 12.3 Å². The number of hydrogen-bond donors (Lipinski definition) is 1. The van der Waals surface area contributed by atoms with Crippen LogP contribution < -0.4 is 5.43 Å². The molecule has 2 rings (SSSR count). The van der Waals surface area contributed by atoms with E-state index in [2.05, 4.69) is 26.5 Å². The van der Waals surface area contributed by atoms with Crippen LogP contribution in [-0.4, -0.2) is 12.1 Å². The Balaban J connectivity index is 2.04. The van der Waals surface area contributed by atoms with Gasteiger partial charge in [0.05, 0.1) is 6.21 Å². The van der Waals surface area contributed by atoms with Crippen molar-refractivity contribution < 1.29 is 9.18 Å². The van der Waals surface area contributed by atoms with E-state index >= 15 is 0 Å². The summed E-state index contributed by atoms with van der Waals surface area (Å²) in [5.74, 6) is -0.738. The van der Waals surface area contributed by atoms with Crippen LogP contribution in [0.25, 0.3) is 0 Å². The molecule has 0 fully saturated rings. The first-order chi connectivity index (χ1) is 9.56. The van der Waals surface area contributed by atoms with Crippen molar-refractivity contribution in [1.29, 1.82) is 0 Å². The fourth-order valence-electron chi connectivity index (χ4n) is 1.54. The lowest BCUT2D eigenvalue weighted by molar-refractivity contribution is 0.0955. The van der Waals surface area contributed by atoms with Crippen LogP contribution in [-0.2, 0) is 0 Å². The predicted molar refractivity (Wildman–Crippen MR) is 80.3 cm³/mol. The lowest BCUT2D eigenvalue weighted by Gasteiger charge is -2.01. The normalized spacial score (nSPS) is 10.8. The Bertz CT molecular complexity index is 653. The van der Waals surface area contributed by atoms with Gasteiger partial charge in [-0.25, -0.2) is 9.82 Å². The predicted octanol–water partition coefficient (Wildman–Crippen LogP) is 3.66. The van der Waals surface area contributed by atoms with E-state index in [1.807, 2.05) is 19.1 Å². The molecule has 5 heteroatoms. The van der Waals surface area contributed by atoms with Gasteiger partial charge in [0.25, 0.3) is 5.91 Å². The van der Waals surface area contributed by atoms with E-state index in [0.29, 0.717) is 11.1 Å². The molecule has 0 saturated heterocycles. The van der Waals surface area contributed by atoms with Gasteiger partial charge in [0, 0.05) is 15.6 Å². The van der Waals surface area contributed by atoms with Gasteiger partial charge < -0.3 is 0 Å². The maximum atomic E-state index is 13.4. The smallest absolute Gasteiger partial charge is 0.267 e. The van der Waals surface area contributed by atoms with E-state index in [0.717, 1.165) is 10.0 Å². The van der Waals surface area contributed by atoms with E-state index in [4.69, 9.17) is 0 Å². The minimum Gasteiger partial charge on any atom is -0.267 e. The standard InChI is InChI=1S/C15H12BrFN2O/c1-10-2-4-11(5-3-10)15(20)19-18-9-12-8-13(16)6-7-14(12)17/h2-9H,1H3,(H,19,20)/b18-9+. The summed E-state index contributed by atoms with van der Waals surface area (Å²) in [6.45, 7) is 1.94. The Morgan fingerprint density at radius 2 is 1.95 bits per heavy atom. The topological polar surface area (TPSA) is 41.5 Å². The molecular formula is C15H12BrFN2O. The van der Waals surface area contributed by atoms with Crippen LogP contribution in [0.1, 0.15) is 21.5 Å². The van der Waals surface area contributed by atoms with Crippen molar-refractivity contribution in [3.05, 3.63) is 69.4 Å². The Labute approximate surface area is 124 Å². The van der Waals surface area contributed by atoms with Gasteiger partial charge in [0.1, 0.15) is 5.82 Å². The van der Waals surface area contributed by atoms with Crippen LogP contribution in [0.2, 0.25) is 0 Å². The molecule has 0 saturated carbocycles. The van der Waals surface area contributed by atoms with Gasteiger partial charge >= 0.3 is 0 Å². The Morgan fingerprint density at radius 1 is 1.25 bits per heavy atom. The highest BCUT2D eigenvalue weighted by Crippen LogP contribution is 2.13. The third kappa shape index (κ3) is 3.74. The molecule has 0 bridgehead atoms. The maximum absolute atomic E-state index is 13.4. The third-order valence-electron chi connectivity index (χ3n) is 2.64. The number of carbonyl (C=O) groups excluding carboxylic acids is 1. The monoisotopic (exact) mass is 334 g/mol. The molecular weight excluding hydrogens is 323 g/mol. The van der Waals surface area contributed by atoms with Gasteiger partial charge in [-0.2, -0.15) is 5.10 Å². The molecule has 102 valence electrons. The lowest BCUT2D eigenvalue weighted by atomic mass is 10.1. The molecule has 0 aliphatic rings. The third-order valence-corrected chi connectivity index (χ3v) is 3.13. The maximum Gasteiger partial charge on any atom is 0.271 e. The van der Waals surface area contributed by atoms with Crippen LogP contribution in [0.4, 0.5) is 4.39 Å². The second-order valence-corrected chi connectivity index (χ2v) is 5.15. The number of amides is 1. The number of benzene rings is 2. The number of hydrogen-bond acceptors (Lipinski definition) is 2. The molecule has 1 N–H and O–H groups in total. The fraction of sp³-hybridized carbons (Fsp3) is 0.0667. The molecule has 0 heterocycles. The summed E-state index contributed by atoms with van der Waals surface area (Å²) in [6, 6.07) is 11.6. The first-order valence-electron chi connectivity index (χ1n) is 5.91. The lowest BCUT2D eigenvalue weighted by Crippen LogP contribution is -2.17. The molecule has 0 atom stereocenters. The van der Waals surface area contributed by atoms with Crippen LogP contribution >= 0.6 is 15.9 Å². The molecule has 3 nitrogen and oxygen atoms in total. The largest absolute Gasteiger partial charge is 0.271 e. The highest BCUT2D eigenvalue weighted by Gasteiger charge is 2.03. The highest BCUT2D eigenvalue weighted by atomic mass is 79.9. The fourth-order valence-corrected chi connectivity index (χ4v) is 1.92. The van der Waals surface area contributed by atoms with Gasteiger partial charge in [-0.1, -0.05) is 33.6 Å². The van der Waals surface area contributed by atoms with Crippen molar-refractivity contribution in [2.45, 2.75) is 6.92 Å². The summed E-state index contributed by atoms with van der Waals surface area (Å²) in [6.07, 6.45) is 1.27. The van der Waals surface area contributed by atoms with Crippen molar-refractivity contribution >= 4 is 28.1 Å². The minimum atomic E-state index is -0.401. The van der Waals surface area contributed by atoms with Crippen molar-refractivity contribution in [1.82, 2.24) is 5.43 Å². The summed E-state index contributed by atoms with van der Waals surface area (Å²) in [4.78, 5) is 11.8. The summed E-state index contributed by atoms with van der Waals surface area (Å²) in [5, 5.41) is 3.76. The number of hydrazone groups is 1. The molecule has 0 aliphatic heterocycles. The van der Waals surface area contributed by atoms with Crippen LogP contribution in [0, 0.1) is 12.7 Å². The van der Waals surface area contributed by atoms with Crippen molar-refractivity contribution in [2.24, 2.45) is 5.10 Å². The van der Waals surface area contributed by atoms with E-state index < -0.39 is 5.82 Å². The van der Waals surface area contributed by atoms with Gasteiger partial charge in [-0.3, -0.25) is 4.79 Å². The zero-order valence-electron chi connectivity index (χ0n) is 10.7. The molecule has 20 heavy (non-hydrogen) atoms. The van der Waals surface area contributed by atoms with Gasteiger partial charge in [0.15, 0.2) is 0 Å². The Hall–Kier alpha value is -2.01. The SMILES string of the molecule is Cc1ccc(C(=O)N/N=C/c2cc(Br)ccc2F)cc1. The number of rotatable bonds is 3. The highest BCUT2D eigenvalue weighted by molar-refractivity contribution is 9.10. The second-order valence-electron chi connectivity index (χ2n) is 4.23. The van der Waals surface area contributed by atoms with Gasteiger partial charge in [0.2, 0.25) is 0 Å². The molecule has 0 unspecified atom stereocenters. The first kappa shape index (κ1) is 14.4. The van der Waals surface area contributed by atoms with Crippen molar-refractivity contribution in [2.75, 3.05) is 0 Å². The number of halogens is 2. The molecule has 0 aromatic heterocycles. The summed E-state index contributed by atoms with van der Waals surface area (Å²) in [5.41, 5.74) is 4.23. The minimum absolute atomic E-state index is 0.295. The van der Waals surface area contributed by atoms with Gasteiger partial charge in [-0.05, 0) is 37.3 Å². The summed E-state index contributed by atoms with van der Waals surface area (Å²) >= 11 is 3.24.